The van der Waals surface area contributed by atoms with Crippen molar-refractivity contribution in [1.82, 2.24) is 15.2 Å². The van der Waals surface area contributed by atoms with Gasteiger partial charge in [0.2, 0.25) is 0 Å². The molecule has 0 spiro atoms. The number of likely N-dealkylation sites (N-methyl/N-ethyl adjacent to an activating group) is 1. The van der Waals surface area contributed by atoms with Crippen molar-refractivity contribution in [3.8, 4) is 34.2 Å². The number of pyridine rings is 1. The molecule has 4 rings (SSSR count). The zero-order chi connectivity index (χ0) is 29.4. The molecular formula is C30H28FN5O5. The highest BCUT2D eigenvalue weighted by Crippen LogP contribution is 2.36. The van der Waals surface area contributed by atoms with Crippen LogP contribution in [0, 0.1) is 17.1 Å². The standard InChI is InChI=1S/C30H28FN5O5/c1-36(2)12-11-33-29(37)20-7-4-6-19(14-20)23-16-25(22-10-9-21(31)15-27(22)41-18-39-3)34-28(24(23)17-32)35-30(38)26-8-5-13-40-26/h4-10,13-16H,11-12,18H2,1-3H3,(H,33,37)(H,34,35,38). The summed E-state index contributed by atoms with van der Waals surface area (Å²) >= 11 is 0. The first-order valence-corrected chi connectivity index (χ1v) is 12.6. The Morgan fingerprint density at radius 1 is 1.07 bits per heavy atom. The number of furan rings is 1. The fourth-order valence-corrected chi connectivity index (χ4v) is 3.96. The molecule has 0 unspecified atom stereocenters. The zero-order valence-electron chi connectivity index (χ0n) is 22.7. The van der Waals surface area contributed by atoms with Gasteiger partial charge in [-0.1, -0.05) is 12.1 Å². The summed E-state index contributed by atoms with van der Waals surface area (Å²) in [6.07, 6.45) is 1.35. The Bertz CT molecular complexity index is 1580. The molecule has 0 saturated carbocycles. The summed E-state index contributed by atoms with van der Waals surface area (Å²) in [6, 6.07) is 17.4. The molecule has 2 aromatic carbocycles. The van der Waals surface area contributed by atoms with Crippen LogP contribution in [-0.4, -0.2) is 62.8 Å². The summed E-state index contributed by atoms with van der Waals surface area (Å²) in [4.78, 5) is 32.2. The number of carbonyl (C=O) groups excluding carboxylic acids is 2. The highest BCUT2D eigenvalue weighted by molar-refractivity contribution is 6.03. The number of nitrogens with zero attached hydrogens (tertiary/aromatic N) is 3. The Balaban J connectivity index is 1.84. The van der Waals surface area contributed by atoms with Gasteiger partial charge in [-0.25, -0.2) is 9.37 Å². The van der Waals surface area contributed by atoms with E-state index in [1.54, 1.807) is 36.4 Å². The van der Waals surface area contributed by atoms with Gasteiger partial charge in [-0.05, 0) is 62.1 Å². The molecule has 2 heterocycles. The number of carbonyl (C=O) groups is 2. The van der Waals surface area contributed by atoms with Crippen LogP contribution in [0.1, 0.15) is 26.5 Å². The highest BCUT2D eigenvalue weighted by Gasteiger charge is 2.21. The number of aromatic nitrogens is 1. The van der Waals surface area contributed by atoms with Crippen LogP contribution in [0.5, 0.6) is 5.75 Å². The summed E-state index contributed by atoms with van der Waals surface area (Å²) in [5.74, 6) is -1.32. The molecule has 10 nitrogen and oxygen atoms in total. The summed E-state index contributed by atoms with van der Waals surface area (Å²) < 4.78 is 29.9. The number of halogens is 1. The number of benzene rings is 2. The number of hydrogen-bond acceptors (Lipinski definition) is 8. The first kappa shape index (κ1) is 28.9. The van der Waals surface area contributed by atoms with E-state index in [0.29, 0.717) is 35.3 Å². The third-order valence-electron chi connectivity index (χ3n) is 5.94. The Kier molecular flexibility index (Phi) is 9.42. The van der Waals surface area contributed by atoms with E-state index >= 15 is 0 Å². The maximum absolute atomic E-state index is 14.1. The van der Waals surface area contributed by atoms with Gasteiger partial charge >= 0.3 is 0 Å². The fraction of sp³-hybridized carbons (Fsp3) is 0.200. The van der Waals surface area contributed by atoms with Crippen molar-refractivity contribution in [3.63, 3.8) is 0 Å². The molecule has 2 amide bonds. The second-order valence-corrected chi connectivity index (χ2v) is 9.15. The van der Waals surface area contributed by atoms with E-state index in [4.69, 9.17) is 13.9 Å². The summed E-state index contributed by atoms with van der Waals surface area (Å²) in [5, 5.41) is 15.7. The van der Waals surface area contributed by atoms with Gasteiger partial charge in [0.1, 0.15) is 23.2 Å². The average molecular weight is 558 g/mol. The minimum Gasteiger partial charge on any atom is -0.467 e. The molecule has 0 aliphatic carbocycles. The lowest BCUT2D eigenvalue weighted by Gasteiger charge is -2.16. The van der Waals surface area contributed by atoms with E-state index in [1.807, 2.05) is 19.0 Å². The van der Waals surface area contributed by atoms with Gasteiger partial charge in [0.05, 0.1) is 12.0 Å². The van der Waals surface area contributed by atoms with Crippen molar-refractivity contribution >= 4 is 17.6 Å². The number of amides is 2. The minimum atomic E-state index is -0.619. The third-order valence-corrected chi connectivity index (χ3v) is 5.94. The van der Waals surface area contributed by atoms with Crippen LogP contribution in [0.4, 0.5) is 10.2 Å². The lowest BCUT2D eigenvalue weighted by Crippen LogP contribution is -2.31. The normalized spacial score (nSPS) is 10.7. The van der Waals surface area contributed by atoms with Crippen molar-refractivity contribution in [1.29, 1.82) is 5.26 Å². The fourth-order valence-electron chi connectivity index (χ4n) is 3.96. The molecular weight excluding hydrogens is 529 g/mol. The SMILES string of the molecule is COCOc1cc(F)ccc1-c1cc(-c2cccc(C(=O)NCCN(C)C)c2)c(C#N)c(NC(=O)c2ccco2)n1. The molecule has 0 bridgehead atoms. The van der Waals surface area contributed by atoms with Gasteiger partial charge in [-0.3, -0.25) is 9.59 Å². The molecule has 0 atom stereocenters. The number of methoxy groups -OCH3 is 1. The molecule has 41 heavy (non-hydrogen) atoms. The number of rotatable bonds is 11. The number of ether oxygens (including phenoxy) is 2. The summed E-state index contributed by atoms with van der Waals surface area (Å²) in [5.41, 5.74) is 2.02. The number of hydrogen-bond donors (Lipinski definition) is 2. The van der Waals surface area contributed by atoms with E-state index < -0.39 is 11.7 Å². The second kappa shape index (κ2) is 13.3. The molecule has 11 heteroatoms. The van der Waals surface area contributed by atoms with Gasteiger partial charge in [-0.15, -0.1) is 0 Å². The van der Waals surface area contributed by atoms with Gasteiger partial charge in [0.15, 0.2) is 18.4 Å². The topological polar surface area (TPSA) is 130 Å². The van der Waals surface area contributed by atoms with E-state index in [9.17, 15) is 19.2 Å². The molecule has 0 saturated heterocycles. The van der Waals surface area contributed by atoms with Gasteiger partial charge in [0.25, 0.3) is 11.8 Å². The van der Waals surface area contributed by atoms with Crippen molar-refractivity contribution in [3.05, 3.63) is 89.6 Å². The van der Waals surface area contributed by atoms with Crippen LogP contribution >= 0.6 is 0 Å². The monoisotopic (exact) mass is 557 g/mol. The maximum Gasteiger partial charge on any atom is 0.292 e. The van der Waals surface area contributed by atoms with Crippen molar-refractivity contribution in [2.75, 3.05) is 46.4 Å². The Morgan fingerprint density at radius 3 is 2.61 bits per heavy atom. The third kappa shape index (κ3) is 7.13. The van der Waals surface area contributed by atoms with Crippen molar-refractivity contribution < 1.29 is 27.9 Å². The molecule has 0 fully saturated rings. The Hall–Kier alpha value is -5.05. The zero-order valence-corrected chi connectivity index (χ0v) is 22.7. The summed E-state index contributed by atoms with van der Waals surface area (Å²) in [7, 11) is 5.25. The van der Waals surface area contributed by atoms with E-state index in [-0.39, 0.29) is 41.3 Å². The van der Waals surface area contributed by atoms with Crippen LogP contribution < -0.4 is 15.4 Å². The molecule has 0 aliphatic heterocycles. The predicted molar refractivity (Wildman–Crippen MR) is 150 cm³/mol. The maximum atomic E-state index is 14.1. The minimum absolute atomic E-state index is 0.0185. The van der Waals surface area contributed by atoms with E-state index in [0.717, 1.165) is 0 Å². The smallest absolute Gasteiger partial charge is 0.292 e. The quantitative estimate of drug-likeness (QED) is 0.257. The Labute approximate surface area is 236 Å². The molecule has 2 N–H and O–H groups in total. The van der Waals surface area contributed by atoms with Gasteiger partial charge < -0.3 is 29.4 Å². The van der Waals surface area contributed by atoms with Crippen LogP contribution in [-0.2, 0) is 4.74 Å². The first-order valence-electron chi connectivity index (χ1n) is 12.6. The van der Waals surface area contributed by atoms with Crippen LogP contribution in [0.3, 0.4) is 0 Å². The number of nitriles is 1. The first-order chi connectivity index (χ1) is 19.8. The molecule has 0 radical (unpaired) electrons. The highest BCUT2D eigenvalue weighted by atomic mass is 19.1. The van der Waals surface area contributed by atoms with Crippen LogP contribution in [0.25, 0.3) is 22.4 Å². The van der Waals surface area contributed by atoms with Gasteiger partial charge in [0, 0.05) is 43.0 Å². The number of nitrogens with one attached hydrogen (secondary N) is 2. The van der Waals surface area contributed by atoms with E-state index in [1.165, 1.54) is 37.6 Å². The van der Waals surface area contributed by atoms with Crippen LogP contribution in [0.15, 0.2) is 71.3 Å². The number of anilines is 1. The van der Waals surface area contributed by atoms with Crippen molar-refractivity contribution in [2.45, 2.75) is 0 Å². The lowest BCUT2D eigenvalue weighted by molar-refractivity contribution is 0.0513. The second-order valence-electron chi connectivity index (χ2n) is 9.15. The van der Waals surface area contributed by atoms with E-state index in [2.05, 4.69) is 21.7 Å². The molecule has 0 aliphatic rings. The molecule has 210 valence electrons. The van der Waals surface area contributed by atoms with Crippen molar-refractivity contribution in [2.24, 2.45) is 0 Å². The average Bonchev–Trinajstić information content (AvgIpc) is 3.51. The van der Waals surface area contributed by atoms with Gasteiger partial charge in [-0.2, -0.15) is 5.26 Å². The largest absolute Gasteiger partial charge is 0.467 e. The van der Waals surface area contributed by atoms with Crippen LogP contribution in [0.2, 0.25) is 0 Å². The predicted octanol–water partition coefficient (Wildman–Crippen LogP) is 4.55. The Morgan fingerprint density at radius 2 is 1.90 bits per heavy atom. The molecule has 4 aromatic rings. The lowest BCUT2D eigenvalue weighted by atomic mass is 9.96. The summed E-state index contributed by atoms with van der Waals surface area (Å²) in [6.45, 7) is 0.977. The molecule has 2 aromatic heterocycles.